The molecular weight excluding hydrogens is 168 g/mol. The summed E-state index contributed by atoms with van der Waals surface area (Å²) in [6.45, 7) is 1.80. The van der Waals surface area contributed by atoms with Crippen LogP contribution in [0.3, 0.4) is 0 Å². The van der Waals surface area contributed by atoms with Gasteiger partial charge in [0.05, 0.1) is 0 Å². The number of rotatable bonds is 2. The first-order valence-corrected chi connectivity index (χ1v) is 4.48. The van der Waals surface area contributed by atoms with E-state index in [4.69, 9.17) is 4.42 Å². The summed E-state index contributed by atoms with van der Waals surface area (Å²) >= 11 is 0. The number of piperidine rings is 1. The molecule has 1 aliphatic rings. The van der Waals surface area contributed by atoms with Gasteiger partial charge in [0.15, 0.2) is 12.2 Å². The molecule has 4 nitrogen and oxygen atoms in total. The molecule has 1 aliphatic heterocycles. The van der Waals surface area contributed by atoms with E-state index in [0.29, 0.717) is 0 Å². The molecule has 1 aromatic rings. The number of aldehydes is 1. The Bertz CT molecular complexity index is 263. The van der Waals surface area contributed by atoms with Crippen LogP contribution in [0.4, 0.5) is 5.82 Å². The largest absolute Gasteiger partial charge is 0.449 e. The summed E-state index contributed by atoms with van der Waals surface area (Å²) in [4.78, 5) is 16.7. The fourth-order valence-electron chi connectivity index (χ4n) is 1.63. The van der Waals surface area contributed by atoms with Crippen LogP contribution >= 0.6 is 0 Å². The first-order chi connectivity index (χ1) is 6.40. The van der Waals surface area contributed by atoms with Gasteiger partial charge in [-0.15, -0.1) is 0 Å². The second-order valence-electron chi connectivity index (χ2n) is 3.31. The third kappa shape index (κ3) is 1.71. The molecule has 0 saturated carbocycles. The minimum Gasteiger partial charge on any atom is -0.449 e. The van der Waals surface area contributed by atoms with Gasteiger partial charge >= 0.3 is 0 Å². The Balaban J connectivity index is 1.95. The Morgan fingerprint density at radius 3 is 2.85 bits per heavy atom. The zero-order chi connectivity index (χ0) is 9.10. The molecule has 0 spiro atoms. The molecule has 1 saturated heterocycles. The normalized spacial score (nSPS) is 18.9. The Morgan fingerprint density at radius 2 is 2.31 bits per heavy atom. The van der Waals surface area contributed by atoms with Crippen molar-refractivity contribution in [2.75, 3.05) is 18.0 Å². The van der Waals surface area contributed by atoms with Crippen molar-refractivity contribution in [1.29, 1.82) is 0 Å². The topological polar surface area (TPSA) is 46.3 Å². The predicted octanol–water partition coefficient (Wildman–Crippen LogP) is 1.09. The molecule has 13 heavy (non-hydrogen) atoms. The van der Waals surface area contributed by atoms with Gasteiger partial charge < -0.3 is 14.1 Å². The van der Waals surface area contributed by atoms with Crippen LogP contribution in [0.5, 0.6) is 0 Å². The SMILES string of the molecule is O=CC1CCN(c2cocn2)CC1. The molecule has 0 unspecified atom stereocenters. The van der Waals surface area contributed by atoms with Gasteiger partial charge in [0.1, 0.15) is 12.5 Å². The fourth-order valence-corrected chi connectivity index (χ4v) is 1.63. The molecule has 0 aliphatic carbocycles. The van der Waals surface area contributed by atoms with E-state index in [9.17, 15) is 4.79 Å². The quantitative estimate of drug-likeness (QED) is 0.639. The molecule has 0 atom stereocenters. The first kappa shape index (κ1) is 8.29. The third-order valence-electron chi connectivity index (χ3n) is 2.48. The third-order valence-corrected chi connectivity index (χ3v) is 2.48. The molecule has 2 rings (SSSR count). The maximum atomic E-state index is 10.5. The van der Waals surface area contributed by atoms with Crippen molar-refractivity contribution in [2.24, 2.45) is 5.92 Å². The molecule has 0 N–H and O–H groups in total. The maximum Gasteiger partial charge on any atom is 0.182 e. The summed E-state index contributed by atoms with van der Waals surface area (Å²) in [5, 5.41) is 0. The number of carbonyl (C=O) groups is 1. The van der Waals surface area contributed by atoms with Crippen molar-refractivity contribution in [2.45, 2.75) is 12.8 Å². The molecule has 1 aromatic heterocycles. The van der Waals surface area contributed by atoms with Crippen molar-refractivity contribution >= 4 is 12.1 Å². The van der Waals surface area contributed by atoms with Crippen LogP contribution in [-0.4, -0.2) is 24.4 Å². The Labute approximate surface area is 76.6 Å². The van der Waals surface area contributed by atoms with Crippen molar-refractivity contribution < 1.29 is 9.21 Å². The van der Waals surface area contributed by atoms with Gasteiger partial charge in [-0.05, 0) is 12.8 Å². The van der Waals surface area contributed by atoms with Gasteiger partial charge in [-0.25, -0.2) is 0 Å². The van der Waals surface area contributed by atoms with Crippen molar-refractivity contribution in [3.05, 3.63) is 12.7 Å². The second kappa shape index (κ2) is 3.60. The number of nitrogens with zero attached hydrogens (tertiary/aromatic N) is 2. The highest BCUT2D eigenvalue weighted by Crippen LogP contribution is 2.20. The van der Waals surface area contributed by atoms with E-state index in [2.05, 4.69) is 9.88 Å². The standard InChI is InChI=1S/C9H12N2O2/c12-5-8-1-3-11(4-2-8)9-6-13-7-10-9/h5-8H,1-4H2. The predicted molar refractivity (Wildman–Crippen MR) is 47.5 cm³/mol. The molecule has 0 radical (unpaired) electrons. The van der Waals surface area contributed by atoms with Crippen molar-refractivity contribution in [3.8, 4) is 0 Å². The summed E-state index contributed by atoms with van der Waals surface area (Å²) in [5.41, 5.74) is 0. The van der Waals surface area contributed by atoms with Crippen molar-refractivity contribution in [1.82, 2.24) is 4.98 Å². The first-order valence-electron chi connectivity index (χ1n) is 4.48. The number of hydrogen-bond acceptors (Lipinski definition) is 4. The van der Waals surface area contributed by atoms with Gasteiger partial charge in [0.25, 0.3) is 0 Å². The monoisotopic (exact) mass is 180 g/mol. The number of carbonyl (C=O) groups excluding carboxylic acids is 1. The Kier molecular flexibility index (Phi) is 2.29. The number of oxazole rings is 1. The van der Waals surface area contributed by atoms with Crippen molar-refractivity contribution in [3.63, 3.8) is 0 Å². The van der Waals surface area contributed by atoms with Gasteiger partial charge in [0.2, 0.25) is 0 Å². The minimum atomic E-state index is 0.239. The smallest absolute Gasteiger partial charge is 0.182 e. The molecule has 4 heteroatoms. The molecule has 70 valence electrons. The van der Waals surface area contributed by atoms with Crippen LogP contribution in [0.1, 0.15) is 12.8 Å². The maximum absolute atomic E-state index is 10.5. The zero-order valence-corrected chi connectivity index (χ0v) is 7.35. The molecule has 0 bridgehead atoms. The van der Waals surface area contributed by atoms with E-state index in [1.165, 1.54) is 6.39 Å². The highest BCUT2D eigenvalue weighted by molar-refractivity contribution is 5.54. The lowest BCUT2D eigenvalue weighted by molar-refractivity contribution is -0.111. The summed E-state index contributed by atoms with van der Waals surface area (Å²) in [6, 6.07) is 0. The number of hydrogen-bond donors (Lipinski definition) is 0. The summed E-state index contributed by atoms with van der Waals surface area (Å²) < 4.78 is 4.90. The molecule has 0 amide bonds. The van der Waals surface area contributed by atoms with E-state index in [1.54, 1.807) is 6.26 Å². The van der Waals surface area contributed by atoms with E-state index < -0.39 is 0 Å². The molecule has 2 heterocycles. The second-order valence-corrected chi connectivity index (χ2v) is 3.31. The number of aromatic nitrogens is 1. The van der Waals surface area contributed by atoms with Crippen LogP contribution in [-0.2, 0) is 4.79 Å². The number of anilines is 1. The van der Waals surface area contributed by atoms with Crippen LogP contribution in [0.2, 0.25) is 0 Å². The lowest BCUT2D eigenvalue weighted by Gasteiger charge is -2.29. The molecule has 1 fully saturated rings. The fraction of sp³-hybridized carbons (Fsp3) is 0.556. The van der Waals surface area contributed by atoms with Crippen LogP contribution in [0.25, 0.3) is 0 Å². The van der Waals surface area contributed by atoms with Crippen LogP contribution < -0.4 is 4.90 Å². The summed E-state index contributed by atoms with van der Waals surface area (Å²) in [6.07, 6.45) is 5.98. The van der Waals surface area contributed by atoms with Crippen LogP contribution in [0.15, 0.2) is 17.1 Å². The highest BCUT2D eigenvalue weighted by atomic mass is 16.3. The van der Waals surface area contributed by atoms with E-state index in [-0.39, 0.29) is 5.92 Å². The van der Waals surface area contributed by atoms with Crippen LogP contribution in [0, 0.1) is 5.92 Å². The lowest BCUT2D eigenvalue weighted by atomic mass is 9.99. The average Bonchev–Trinajstić information content (AvgIpc) is 2.71. The van der Waals surface area contributed by atoms with Gasteiger partial charge in [-0.1, -0.05) is 0 Å². The Morgan fingerprint density at radius 1 is 1.54 bits per heavy atom. The van der Waals surface area contributed by atoms with Gasteiger partial charge in [-0.2, -0.15) is 4.98 Å². The summed E-state index contributed by atoms with van der Waals surface area (Å²) in [7, 11) is 0. The van der Waals surface area contributed by atoms with E-state index >= 15 is 0 Å². The minimum absolute atomic E-state index is 0.239. The van der Waals surface area contributed by atoms with E-state index in [1.807, 2.05) is 0 Å². The molecular formula is C9H12N2O2. The molecule has 0 aromatic carbocycles. The summed E-state index contributed by atoms with van der Waals surface area (Å²) in [5.74, 6) is 1.12. The highest BCUT2D eigenvalue weighted by Gasteiger charge is 2.19. The zero-order valence-electron chi connectivity index (χ0n) is 7.35. The van der Waals surface area contributed by atoms with E-state index in [0.717, 1.165) is 38.0 Å². The lowest BCUT2D eigenvalue weighted by Crippen LogP contribution is -2.34. The average molecular weight is 180 g/mol. The van der Waals surface area contributed by atoms with Gasteiger partial charge in [-0.3, -0.25) is 0 Å². The Hall–Kier alpha value is -1.32. The van der Waals surface area contributed by atoms with Gasteiger partial charge in [0, 0.05) is 19.0 Å².